The summed E-state index contributed by atoms with van der Waals surface area (Å²) >= 11 is 0. The molecule has 2 rings (SSSR count). The minimum absolute atomic E-state index is 0.120. The number of rotatable bonds is 3. The van der Waals surface area contributed by atoms with E-state index in [0.717, 1.165) is 0 Å². The van der Waals surface area contributed by atoms with Gasteiger partial charge in [0.05, 0.1) is 10.6 Å². The van der Waals surface area contributed by atoms with Gasteiger partial charge in [-0.2, -0.15) is 8.42 Å². The molecule has 0 spiro atoms. The molecular formula is C12H13N3O4S. The van der Waals surface area contributed by atoms with Gasteiger partial charge in [0.1, 0.15) is 0 Å². The highest BCUT2D eigenvalue weighted by Gasteiger charge is 2.06. The molecular weight excluding hydrogens is 282 g/mol. The molecule has 106 valence electrons. The van der Waals surface area contributed by atoms with Crippen LogP contribution in [-0.2, 0) is 10.2 Å². The van der Waals surface area contributed by atoms with Gasteiger partial charge in [-0.3, -0.25) is 14.8 Å². The summed E-state index contributed by atoms with van der Waals surface area (Å²) in [6.45, 7) is 0. The number of nitro benzene ring substituents is 1. The van der Waals surface area contributed by atoms with Crippen LogP contribution in [0.15, 0.2) is 60.7 Å². The predicted octanol–water partition coefficient (Wildman–Crippen LogP) is 1.90. The highest BCUT2D eigenvalue weighted by molar-refractivity contribution is 7.90. The van der Waals surface area contributed by atoms with Crippen LogP contribution in [-0.4, -0.2) is 13.3 Å². The van der Waals surface area contributed by atoms with E-state index in [-0.39, 0.29) is 11.4 Å². The fourth-order valence-electron chi connectivity index (χ4n) is 1.20. The summed E-state index contributed by atoms with van der Waals surface area (Å²) in [6, 6.07) is 16.9. The topological polar surface area (TPSA) is 115 Å². The van der Waals surface area contributed by atoms with Crippen LogP contribution in [0.5, 0.6) is 0 Å². The lowest BCUT2D eigenvalue weighted by molar-refractivity contribution is -0.384. The molecule has 0 aliphatic heterocycles. The number of hydrogen-bond donors (Lipinski definition) is 2. The van der Waals surface area contributed by atoms with Gasteiger partial charge in [-0.25, -0.2) is 5.14 Å². The van der Waals surface area contributed by atoms with Gasteiger partial charge in [0.15, 0.2) is 0 Å². The van der Waals surface area contributed by atoms with Gasteiger partial charge in [0.2, 0.25) is 0 Å². The van der Waals surface area contributed by atoms with E-state index in [9.17, 15) is 18.5 Å². The van der Waals surface area contributed by atoms with Gasteiger partial charge in [-0.15, -0.1) is 0 Å². The number of hydrogen-bond acceptors (Lipinski definition) is 4. The number of nitro groups is 1. The third-order valence-electron chi connectivity index (χ3n) is 2.00. The van der Waals surface area contributed by atoms with Crippen LogP contribution in [0.2, 0.25) is 0 Å². The Kier molecular flexibility index (Phi) is 5.63. The summed E-state index contributed by atoms with van der Waals surface area (Å²) in [4.78, 5) is 9.66. The molecule has 2 aromatic rings. The molecule has 0 amide bonds. The molecule has 0 saturated carbocycles. The number of nitrogens with one attached hydrogen (secondary N) is 1. The highest BCUT2D eigenvalue weighted by atomic mass is 32.2. The van der Waals surface area contributed by atoms with Crippen molar-refractivity contribution in [3.63, 3.8) is 0 Å². The lowest BCUT2D eigenvalue weighted by Crippen LogP contribution is -2.21. The molecule has 7 nitrogen and oxygen atoms in total. The number of anilines is 1. The van der Waals surface area contributed by atoms with Gasteiger partial charge in [0.25, 0.3) is 15.9 Å². The quantitative estimate of drug-likeness (QED) is 0.664. The molecule has 0 saturated heterocycles. The van der Waals surface area contributed by atoms with E-state index in [2.05, 4.69) is 0 Å². The maximum Gasteiger partial charge on any atom is 0.296 e. The van der Waals surface area contributed by atoms with Crippen LogP contribution < -0.4 is 9.86 Å². The summed E-state index contributed by atoms with van der Waals surface area (Å²) in [5, 5.41) is 14.9. The highest BCUT2D eigenvalue weighted by Crippen LogP contribution is 2.15. The van der Waals surface area contributed by atoms with E-state index in [1.807, 2.05) is 41.1 Å². The molecule has 0 atom stereocenters. The fraction of sp³-hybridized carbons (Fsp3) is 0. The molecule has 0 heterocycles. The van der Waals surface area contributed by atoms with Crippen molar-refractivity contribution in [3.05, 3.63) is 70.8 Å². The molecule has 0 aliphatic carbocycles. The molecule has 8 heteroatoms. The van der Waals surface area contributed by atoms with Crippen molar-refractivity contribution in [2.45, 2.75) is 0 Å². The molecule has 0 fully saturated rings. The Morgan fingerprint density at radius 1 is 0.950 bits per heavy atom. The van der Waals surface area contributed by atoms with Crippen LogP contribution in [0.3, 0.4) is 0 Å². The third-order valence-corrected chi connectivity index (χ3v) is 2.53. The van der Waals surface area contributed by atoms with Gasteiger partial charge < -0.3 is 0 Å². The van der Waals surface area contributed by atoms with Gasteiger partial charge in [-0.05, 0) is 12.1 Å². The Hall–Kier alpha value is -2.45. The zero-order chi connectivity index (χ0) is 15.0. The van der Waals surface area contributed by atoms with Crippen molar-refractivity contribution in [3.8, 4) is 0 Å². The number of nitrogens with two attached hydrogens (primary N) is 1. The minimum Gasteiger partial charge on any atom is -0.271 e. The standard InChI is InChI=1S/C6H7N3O4S.C6H6/c7-14(12,13)8-5-1-3-6(4-2-5)9(10)11;1-2-4-6-5-3-1/h1-4,8H,(H2,7,12,13);1-6H. The van der Waals surface area contributed by atoms with Crippen molar-refractivity contribution in [1.82, 2.24) is 0 Å². The minimum atomic E-state index is -3.83. The Morgan fingerprint density at radius 2 is 1.35 bits per heavy atom. The zero-order valence-corrected chi connectivity index (χ0v) is 11.2. The van der Waals surface area contributed by atoms with Crippen molar-refractivity contribution in [2.75, 3.05) is 4.72 Å². The van der Waals surface area contributed by atoms with Crippen molar-refractivity contribution < 1.29 is 13.3 Å². The lowest BCUT2D eigenvalue weighted by atomic mass is 10.3. The lowest BCUT2D eigenvalue weighted by Gasteiger charge is -2.01. The maximum atomic E-state index is 10.6. The number of non-ortho nitro benzene ring substituents is 1. The van der Waals surface area contributed by atoms with Gasteiger partial charge in [0, 0.05) is 12.1 Å². The molecule has 0 unspecified atom stereocenters. The Labute approximate surface area is 116 Å². The summed E-state index contributed by atoms with van der Waals surface area (Å²) in [7, 11) is -3.83. The van der Waals surface area contributed by atoms with E-state index >= 15 is 0 Å². The summed E-state index contributed by atoms with van der Waals surface area (Å²) in [5.41, 5.74) is 0.0584. The average Bonchev–Trinajstić information content (AvgIpc) is 2.40. The fourth-order valence-corrected chi connectivity index (χ4v) is 1.66. The van der Waals surface area contributed by atoms with E-state index in [0.29, 0.717) is 0 Å². The molecule has 2 aromatic carbocycles. The van der Waals surface area contributed by atoms with Crippen LogP contribution >= 0.6 is 0 Å². The van der Waals surface area contributed by atoms with Crippen molar-refractivity contribution in [2.24, 2.45) is 5.14 Å². The summed E-state index contributed by atoms with van der Waals surface area (Å²) in [5.74, 6) is 0. The van der Waals surface area contributed by atoms with Gasteiger partial charge in [-0.1, -0.05) is 36.4 Å². The number of nitrogens with zero attached hydrogens (tertiary/aromatic N) is 1. The van der Waals surface area contributed by atoms with Crippen LogP contribution in [0, 0.1) is 10.1 Å². The van der Waals surface area contributed by atoms with Crippen LogP contribution in [0.25, 0.3) is 0 Å². The first-order chi connectivity index (χ1) is 9.38. The SMILES string of the molecule is NS(=O)(=O)Nc1ccc([N+](=O)[O-])cc1.c1ccccc1. The molecule has 0 aliphatic rings. The second-order valence-corrected chi connectivity index (χ2v) is 4.90. The normalized spacial score (nSPS) is 10.1. The summed E-state index contributed by atoms with van der Waals surface area (Å²) in [6.07, 6.45) is 0. The van der Waals surface area contributed by atoms with Crippen LogP contribution in [0.4, 0.5) is 11.4 Å². The zero-order valence-electron chi connectivity index (χ0n) is 10.3. The molecule has 0 radical (unpaired) electrons. The van der Waals surface area contributed by atoms with E-state index in [1.165, 1.54) is 24.3 Å². The predicted molar refractivity (Wildman–Crippen MR) is 76.3 cm³/mol. The van der Waals surface area contributed by atoms with Crippen LogP contribution in [0.1, 0.15) is 0 Å². The molecule has 0 aromatic heterocycles. The first kappa shape index (κ1) is 15.6. The Balaban J connectivity index is 0.000000276. The Morgan fingerprint density at radius 3 is 1.65 bits per heavy atom. The van der Waals surface area contributed by atoms with E-state index in [1.54, 1.807) is 0 Å². The maximum absolute atomic E-state index is 10.6. The molecule has 20 heavy (non-hydrogen) atoms. The van der Waals surface area contributed by atoms with E-state index < -0.39 is 15.1 Å². The number of benzene rings is 2. The van der Waals surface area contributed by atoms with Crippen molar-refractivity contribution >= 4 is 21.6 Å². The monoisotopic (exact) mass is 295 g/mol. The second-order valence-electron chi connectivity index (χ2n) is 3.61. The van der Waals surface area contributed by atoms with E-state index in [4.69, 9.17) is 5.14 Å². The average molecular weight is 295 g/mol. The smallest absolute Gasteiger partial charge is 0.271 e. The molecule has 3 N–H and O–H groups in total. The first-order valence-corrected chi connectivity index (χ1v) is 6.98. The third kappa shape index (κ3) is 6.47. The van der Waals surface area contributed by atoms with Gasteiger partial charge >= 0.3 is 0 Å². The Bertz CT molecular complexity index is 615. The second kappa shape index (κ2) is 7.22. The summed E-state index contributed by atoms with van der Waals surface area (Å²) < 4.78 is 23.1. The van der Waals surface area contributed by atoms with Crippen molar-refractivity contribution in [1.29, 1.82) is 0 Å². The molecule has 0 bridgehead atoms. The largest absolute Gasteiger partial charge is 0.296 e. The first-order valence-electron chi connectivity index (χ1n) is 5.43.